The molecule has 1 atom stereocenters. The number of carbonyl (C=O) groups is 1. The number of carbonyl (C=O) groups excluding carboxylic acids is 1. The Hall–Kier alpha value is -0.610. The summed E-state index contributed by atoms with van der Waals surface area (Å²) in [6.07, 6.45) is 1.91. The molecule has 0 saturated carbocycles. The zero-order valence-electron chi connectivity index (χ0n) is 9.32. The van der Waals surface area contributed by atoms with Crippen LogP contribution in [0.15, 0.2) is 0 Å². The van der Waals surface area contributed by atoms with Crippen LogP contribution in [-0.2, 0) is 9.53 Å². The lowest BCUT2D eigenvalue weighted by Crippen LogP contribution is -2.65. The van der Waals surface area contributed by atoms with Crippen LogP contribution in [0.5, 0.6) is 0 Å². The molecule has 3 saturated heterocycles. The van der Waals surface area contributed by atoms with Crippen molar-refractivity contribution in [2.45, 2.75) is 25.9 Å². The van der Waals surface area contributed by atoms with Crippen LogP contribution < -0.4 is 0 Å². The molecule has 0 radical (unpaired) electrons. The SMILES string of the molecule is CCOC(=O)C[N+]12CCC(CC1)[C@H](O)C2. The first-order valence-electron chi connectivity index (χ1n) is 5.84. The van der Waals surface area contributed by atoms with E-state index in [9.17, 15) is 9.90 Å². The molecule has 0 spiro atoms. The second-order valence-electron chi connectivity index (χ2n) is 4.84. The van der Waals surface area contributed by atoms with Crippen molar-refractivity contribution >= 4 is 5.97 Å². The van der Waals surface area contributed by atoms with Gasteiger partial charge >= 0.3 is 5.97 Å². The zero-order valence-corrected chi connectivity index (χ0v) is 9.32. The molecule has 3 fully saturated rings. The van der Waals surface area contributed by atoms with E-state index in [1.54, 1.807) is 0 Å². The van der Waals surface area contributed by atoms with Crippen LogP contribution in [0.3, 0.4) is 0 Å². The normalized spacial score (nSPS) is 39.1. The third-order valence-corrected chi connectivity index (χ3v) is 3.84. The minimum atomic E-state index is -0.207. The quantitative estimate of drug-likeness (QED) is 0.537. The second kappa shape index (κ2) is 4.10. The molecule has 4 heteroatoms. The van der Waals surface area contributed by atoms with Gasteiger partial charge in [-0.05, 0) is 6.92 Å². The van der Waals surface area contributed by atoms with Crippen molar-refractivity contribution in [1.29, 1.82) is 0 Å². The Balaban J connectivity index is 1.97. The maximum Gasteiger partial charge on any atom is 0.361 e. The van der Waals surface area contributed by atoms with Crippen LogP contribution in [0.1, 0.15) is 19.8 Å². The fourth-order valence-corrected chi connectivity index (χ4v) is 2.95. The summed E-state index contributed by atoms with van der Waals surface area (Å²) in [6.45, 7) is 5.52. The van der Waals surface area contributed by atoms with Crippen LogP contribution in [0.4, 0.5) is 0 Å². The van der Waals surface area contributed by atoms with Crippen LogP contribution in [0, 0.1) is 5.92 Å². The molecule has 0 unspecified atom stereocenters. The third-order valence-electron chi connectivity index (χ3n) is 3.84. The van der Waals surface area contributed by atoms with E-state index in [0.717, 1.165) is 37.0 Å². The van der Waals surface area contributed by atoms with E-state index in [-0.39, 0.29) is 12.1 Å². The number of hydrogen-bond donors (Lipinski definition) is 1. The van der Waals surface area contributed by atoms with E-state index in [4.69, 9.17) is 4.74 Å². The summed E-state index contributed by atoms with van der Waals surface area (Å²) in [4.78, 5) is 11.5. The van der Waals surface area contributed by atoms with Gasteiger partial charge in [-0.25, -0.2) is 4.79 Å². The Labute approximate surface area is 90.4 Å². The van der Waals surface area contributed by atoms with Crippen molar-refractivity contribution in [2.24, 2.45) is 5.92 Å². The predicted octanol–water partition coefficient (Wildman–Crippen LogP) is 0.151. The number of nitrogens with zero attached hydrogens (tertiary/aromatic N) is 1. The molecule has 86 valence electrons. The first-order chi connectivity index (χ1) is 7.15. The van der Waals surface area contributed by atoms with Crippen molar-refractivity contribution in [3.8, 4) is 0 Å². The third kappa shape index (κ3) is 2.16. The summed E-state index contributed by atoms with van der Waals surface area (Å²) < 4.78 is 5.73. The average Bonchev–Trinajstić information content (AvgIpc) is 2.18. The van der Waals surface area contributed by atoms with Gasteiger partial charge < -0.3 is 14.3 Å². The number of aliphatic hydroxyl groups is 1. The number of piperidine rings is 3. The molecule has 0 aromatic heterocycles. The Bertz CT molecular complexity index is 246. The number of aliphatic hydroxyl groups excluding tert-OH is 1. The van der Waals surface area contributed by atoms with Crippen LogP contribution in [0.25, 0.3) is 0 Å². The van der Waals surface area contributed by atoms with Crippen LogP contribution in [0.2, 0.25) is 0 Å². The fraction of sp³-hybridized carbons (Fsp3) is 0.909. The van der Waals surface area contributed by atoms with Gasteiger partial charge in [-0.15, -0.1) is 0 Å². The van der Waals surface area contributed by atoms with Crippen molar-refractivity contribution in [2.75, 3.05) is 32.8 Å². The number of quaternary nitrogens is 1. The Morgan fingerprint density at radius 2 is 2.13 bits per heavy atom. The molecule has 1 N–H and O–H groups in total. The topological polar surface area (TPSA) is 46.5 Å². The van der Waals surface area contributed by atoms with E-state index in [1.165, 1.54) is 0 Å². The number of rotatable bonds is 3. The van der Waals surface area contributed by atoms with Gasteiger partial charge in [-0.1, -0.05) is 0 Å². The first kappa shape index (κ1) is 10.9. The van der Waals surface area contributed by atoms with Gasteiger partial charge in [0.15, 0.2) is 6.54 Å². The van der Waals surface area contributed by atoms with Crippen molar-refractivity contribution in [3.63, 3.8) is 0 Å². The average molecular weight is 214 g/mol. The molecule has 3 heterocycles. The minimum Gasteiger partial charge on any atom is -0.462 e. The molecule has 2 bridgehead atoms. The monoisotopic (exact) mass is 214 g/mol. The molecule has 15 heavy (non-hydrogen) atoms. The molecule has 3 aliphatic rings. The van der Waals surface area contributed by atoms with Gasteiger partial charge in [0.1, 0.15) is 12.6 Å². The summed E-state index contributed by atoms with van der Waals surface area (Å²) in [6, 6.07) is 0. The highest BCUT2D eigenvalue weighted by molar-refractivity contribution is 5.70. The highest BCUT2D eigenvalue weighted by atomic mass is 16.5. The highest BCUT2D eigenvalue weighted by Gasteiger charge is 2.46. The van der Waals surface area contributed by atoms with Crippen molar-refractivity contribution < 1.29 is 19.1 Å². The van der Waals surface area contributed by atoms with Crippen LogP contribution in [-0.4, -0.2) is 54.4 Å². The van der Waals surface area contributed by atoms with E-state index < -0.39 is 0 Å². The zero-order chi connectivity index (χ0) is 10.9. The maximum atomic E-state index is 11.5. The van der Waals surface area contributed by atoms with Crippen LogP contribution >= 0.6 is 0 Å². The highest BCUT2D eigenvalue weighted by Crippen LogP contribution is 2.33. The molecular formula is C11H20NO3+. The lowest BCUT2D eigenvalue weighted by molar-refractivity contribution is -0.939. The number of ether oxygens (including phenoxy) is 1. The Morgan fingerprint density at radius 1 is 1.47 bits per heavy atom. The molecule has 0 aliphatic carbocycles. The van der Waals surface area contributed by atoms with E-state index >= 15 is 0 Å². The van der Waals surface area contributed by atoms with Gasteiger partial charge in [-0.3, -0.25) is 0 Å². The molecule has 0 amide bonds. The van der Waals surface area contributed by atoms with Gasteiger partial charge in [0.2, 0.25) is 0 Å². The first-order valence-corrected chi connectivity index (χ1v) is 5.84. The van der Waals surface area contributed by atoms with Gasteiger partial charge in [0, 0.05) is 18.8 Å². The Morgan fingerprint density at radius 3 is 2.67 bits per heavy atom. The molecule has 3 aliphatic heterocycles. The van der Waals surface area contributed by atoms with E-state index in [1.807, 2.05) is 6.92 Å². The number of fused-ring (bicyclic) bond motifs is 3. The van der Waals surface area contributed by atoms with Gasteiger partial charge in [-0.2, -0.15) is 0 Å². The summed E-state index contributed by atoms with van der Waals surface area (Å²) in [5, 5.41) is 9.84. The molecule has 3 rings (SSSR count). The molecule has 4 nitrogen and oxygen atoms in total. The standard InChI is InChI=1S/C11H20NO3/c1-2-15-11(14)8-12-5-3-9(4-6-12)10(13)7-12/h9-10,13H,2-8H2,1H3/q+1/t9?,10-,12?/m1/s1. The number of esters is 1. The lowest BCUT2D eigenvalue weighted by Gasteiger charge is -2.50. The lowest BCUT2D eigenvalue weighted by atomic mass is 9.83. The summed E-state index contributed by atoms with van der Waals surface area (Å²) in [7, 11) is 0. The minimum absolute atomic E-state index is 0.120. The summed E-state index contributed by atoms with van der Waals surface area (Å²) >= 11 is 0. The summed E-state index contributed by atoms with van der Waals surface area (Å²) in [5.41, 5.74) is 0. The molecule has 0 aromatic rings. The summed E-state index contributed by atoms with van der Waals surface area (Å²) in [5.74, 6) is 0.359. The Kier molecular flexibility index (Phi) is 2.98. The van der Waals surface area contributed by atoms with Gasteiger partial charge in [0.25, 0.3) is 0 Å². The largest absolute Gasteiger partial charge is 0.462 e. The smallest absolute Gasteiger partial charge is 0.361 e. The molecular weight excluding hydrogens is 194 g/mol. The van der Waals surface area contributed by atoms with E-state index in [0.29, 0.717) is 19.1 Å². The molecule has 0 aromatic carbocycles. The number of hydrogen-bond acceptors (Lipinski definition) is 3. The van der Waals surface area contributed by atoms with Crippen molar-refractivity contribution in [3.05, 3.63) is 0 Å². The van der Waals surface area contributed by atoms with Gasteiger partial charge in [0.05, 0.1) is 19.7 Å². The second-order valence-corrected chi connectivity index (χ2v) is 4.84. The predicted molar refractivity (Wildman–Crippen MR) is 55.1 cm³/mol. The maximum absolute atomic E-state index is 11.5. The van der Waals surface area contributed by atoms with Crippen molar-refractivity contribution in [1.82, 2.24) is 0 Å². The fourth-order valence-electron chi connectivity index (χ4n) is 2.95. The van der Waals surface area contributed by atoms with E-state index in [2.05, 4.69) is 0 Å².